The molecule has 0 aliphatic heterocycles. The lowest BCUT2D eigenvalue weighted by Gasteiger charge is -2.52. The molecule has 3 nitrogen and oxygen atoms in total. The molecule has 2 atom stereocenters. The lowest BCUT2D eigenvalue weighted by molar-refractivity contribution is -0.0843. The summed E-state index contributed by atoms with van der Waals surface area (Å²) in [4.78, 5) is 0. The topological polar surface area (TPSA) is 38.0 Å². The standard InChI is InChI=1S/C26H27FN2O/c1-25-17-20-18-28-29(23-11-9-22(27)10-12-23)24(20)16-21(25)8-5-14-26(25,30)15-13-19-6-3-2-4-7-19/h2-4,6-7,9-12,16,18,30H,5,8,13-15,17H2,1H3/t25-,26+/m0/s1. The largest absolute Gasteiger partial charge is 0.389 e. The minimum Gasteiger partial charge on any atom is -0.389 e. The summed E-state index contributed by atoms with van der Waals surface area (Å²) < 4.78 is 15.2. The van der Waals surface area contributed by atoms with Crippen LogP contribution in [0.3, 0.4) is 0 Å². The van der Waals surface area contributed by atoms with Gasteiger partial charge < -0.3 is 5.11 Å². The van der Waals surface area contributed by atoms with Crippen LogP contribution in [0.2, 0.25) is 0 Å². The first-order valence-corrected chi connectivity index (χ1v) is 10.8. The van der Waals surface area contributed by atoms with Gasteiger partial charge in [0.15, 0.2) is 0 Å². The van der Waals surface area contributed by atoms with Crippen LogP contribution in [0.15, 0.2) is 66.4 Å². The molecule has 4 heteroatoms. The molecule has 3 aromatic rings. The molecule has 154 valence electrons. The van der Waals surface area contributed by atoms with Crippen molar-refractivity contribution >= 4 is 6.08 Å². The van der Waals surface area contributed by atoms with Crippen LogP contribution in [-0.4, -0.2) is 20.5 Å². The third-order valence-electron chi connectivity index (χ3n) is 7.25. The molecule has 0 bridgehead atoms. The molecule has 0 amide bonds. The first kappa shape index (κ1) is 19.3. The minimum absolute atomic E-state index is 0.249. The van der Waals surface area contributed by atoms with Crippen molar-refractivity contribution in [2.45, 2.75) is 51.0 Å². The van der Waals surface area contributed by atoms with Gasteiger partial charge in [-0.25, -0.2) is 9.07 Å². The van der Waals surface area contributed by atoms with E-state index in [4.69, 9.17) is 0 Å². The van der Waals surface area contributed by atoms with E-state index in [1.54, 1.807) is 12.1 Å². The number of aryl methyl sites for hydroxylation is 1. The van der Waals surface area contributed by atoms with Crippen molar-refractivity contribution in [3.63, 3.8) is 0 Å². The number of aliphatic hydroxyl groups is 1. The average Bonchev–Trinajstić information content (AvgIpc) is 3.15. The third kappa shape index (κ3) is 3.10. The maximum atomic E-state index is 13.4. The molecule has 2 aliphatic rings. The normalized spacial score (nSPS) is 25.4. The van der Waals surface area contributed by atoms with Gasteiger partial charge in [-0.05, 0) is 80.0 Å². The SMILES string of the molecule is C[C@]12Cc3cnn(-c4ccc(F)cc4)c3C=C1CCC[C@@]2(O)CCc1ccccc1. The van der Waals surface area contributed by atoms with Crippen molar-refractivity contribution < 1.29 is 9.50 Å². The van der Waals surface area contributed by atoms with Crippen LogP contribution in [-0.2, 0) is 12.8 Å². The van der Waals surface area contributed by atoms with E-state index in [9.17, 15) is 9.50 Å². The van der Waals surface area contributed by atoms with E-state index in [-0.39, 0.29) is 11.2 Å². The van der Waals surface area contributed by atoms with Gasteiger partial charge in [0.1, 0.15) is 5.82 Å². The van der Waals surface area contributed by atoms with Crippen LogP contribution in [0.1, 0.15) is 49.4 Å². The molecule has 1 aromatic heterocycles. The summed E-state index contributed by atoms with van der Waals surface area (Å²) in [5, 5.41) is 16.5. The molecule has 2 aliphatic carbocycles. The van der Waals surface area contributed by atoms with Crippen molar-refractivity contribution in [1.82, 2.24) is 9.78 Å². The molecule has 30 heavy (non-hydrogen) atoms. The highest BCUT2D eigenvalue weighted by atomic mass is 19.1. The first-order valence-electron chi connectivity index (χ1n) is 10.8. The number of halogens is 1. The number of rotatable bonds is 4. The van der Waals surface area contributed by atoms with Crippen molar-refractivity contribution in [2.24, 2.45) is 5.41 Å². The average molecular weight is 403 g/mol. The first-order chi connectivity index (χ1) is 14.5. The Bertz CT molecular complexity index is 1090. The summed E-state index contributed by atoms with van der Waals surface area (Å²) in [5.41, 5.74) is 4.61. The van der Waals surface area contributed by atoms with Crippen LogP contribution in [0.5, 0.6) is 0 Å². The van der Waals surface area contributed by atoms with E-state index >= 15 is 0 Å². The second-order valence-electron chi connectivity index (χ2n) is 8.99. The number of hydrogen-bond donors (Lipinski definition) is 1. The molecule has 1 saturated carbocycles. The zero-order valence-electron chi connectivity index (χ0n) is 17.3. The van der Waals surface area contributed by atoms with Gasteiger partial charge in [0.2, 0.25) is 0 Å². The Morgan fingerprint density at radius 1 is 1.10 bits per heavy atom. The van der Waals surface area contributed by atoms with E-state index in [0.717, 1.165) is 55.5 Å². The van der Waals surface area contributed by atoms with Crippen LogP contribution in [0.25, 0.3) is 11.8 Å². The maximum Gasteiger partial charge on any atom is 0.123 e. The van der Waals surface area contributed by atoms with Crippen molar-refractivity contribution in [1.29, 1.82) is 0 Å². The molecule has 0 radical (unpaired) electrons. The third-order valence-corrected chi connectivity index (χ3v) is 7.25. The second kappa shape index (κ2) is 7.21. The van der Waals surface area contributed by atoms with Gasteiger partial charge in [0.05, 0.1) is 23.2 Å². The quantitative estimate of drug-likeness (QED) is 0.625. The van der Waals surface area contributed by atoms with E-state index in [0.29, 0.717) is 0 Å². The number of aromatic nitrogens is 2. The zero-order chi connectivity index (χ0) is 20.8. The number of nitrogens with zero attached hydrogens (tertiary/aromatic N) is 2. The van der Waals surface area contributed by atoms with Gasteiger partial charge >= 0.3 is 0 Å². The molecule has 0 unspecified atom stereocenters. The lowest BCUT2D eigenvalue weighted by Crippen LogP contribution is -2.52. The number of hydrogen-bond acceptors (Lipinski definition) is 2. The van der Waals surface area contributed by atoms with Crippen molar-refractivity contribution in [3.05, 3.63) is 89.0 Å². The number of fused-ring (bicyclic) bond motifs is 2. The molecular formula is C26H27FN2O. The molecule has 1 N–H and O–H groups in total. The van der Waals surface area contributed by atoms with Crippen LogP contribution in [0, 0.1) is 11.2 Å². The van der Waals surface area contributed by atoms with E-state index in [1.165, 1.54) is 23.3 Å². The van der Waals surface area contributed by atoms with E-state index in [2.05, 4.69) is 42.4 Å². The summed E-state index contributed by atoms with van der Waals surface area (Å²) in [5.74, 6) is -0.249. The molecule has 0 spiro atoms. The zero-order valence-corrected chi connectivity index (χ0v) is 17.3. The van der Waals surface area contributed by atoms with Crippen LogP contribution < -0.4 is 0 Å². The van der Waals surface area contributed by atoms with E-state index < -0.39 is 5.60 Å². The summed E-state index contributed by atoms with van der Waals surface area (Å²) in [6, 6.07) is 16.9. The Hall–Kier alpha value is -2.72. The van der Waals surface area contributed by atoms with Crippen molar-refractivity contribution in [2.75, 3.05) is 0 Å². The fourth-order valence-corrected chi connectivity index (χ4v) is 5.34. The monoisotopic (exact) mass is 402 g/mol. The Morgan fingerprint density at radius 2 is 1.87 bits per heavy atom. The Balaban J connectivity index is 1.47. The van der Waals surface area contributed by atoms with Gasteiger partial charge in [0.25, 0.3) is 0 Å². The summed E-state index contributed by atoms with van der Waals surface area (Å²) in [6.07, 6.45) is 9.36. The molecule has 1 heterocycles. The van der Waals surface area contributed by atoms with Crippen molar-refractivity contribution in [3.8, 4) is 5.69 Å². The Labute approximate surface area is 176 Å². The Kier molecular flexibility index (Phi) is 4.62. The molecular weight excluding hydrogens is 375 g/mol. The highest BCUT2D eigenvalue weighted by Crippen LogP contribution is 2.54. The Morgan fingerprint density at radius 3 is 2.63 bits per heavy atom. The lowest BCUT2D eigenvalue weighted by atomic mass is 9.56. The second-order valence-corrected chi connectivity index (χ2v) is 8.99. The molecule has 1 fully saturated rings. The summed E-state index contributed by atoms with van der Waals surface area (Å²) in [7, 11) is 0. The van der Waals surface area contributed by atoms with Gasteiger partial charge in [-0.1, -0.05) is 42.8 Å². The summed E-state index contributed by atoms with van der Waals surface area (Å²) in [6.45, 7) is 2.22. The van der Waals surface area contributed by atoms with Gasteiger partial charge in [-0.3, -0.25) is 0 Å². The fraction of sp³-hybridized carbons (Fsp3) is 0.346. The fourth-order valence-electron chi connectivity index (χ4n) is 5.34. The molecule has 5 rings (SSSR count). The molecule has 0 saturated heterocycles. The molecule has 2 aromatic carbocycles. The number of benzene rings is 2. The van der Waals surface area contributed by atoms with Crippen LogP contribution >= 0.6 is 0 Å². The predicted octanol–water partition coefficient (Wildman–Crippen LogP) is 5.51. The summed E-state index contributed by atoms with van der Waals surface area (Å²) >= 11 is 0. The van der Waals surface area contributed by atoms with Crippen LogP contribution in [0.4, 0.5) is 4.39 Å². The highest BCUT2D eigenvalue weighted by molar-refractivity contribution is 5.62. The highest BCUT2D eigenvalue weighted by Gasteiger charge is 2.52. The predicted molar refractivity (Wildman–Crippen MR) is 117 cm³/mol. The maximum absolute atomic E-state index is 13.4. The van der Waals surface area contributed by atoms with Gasteiger partial charge in [0, 0.05) is 5.41 Å². The van der Waals surface area contributed by atoms with Gasteiger partial charge in [-0.15, -0.1) is 0 Å². The smallest absolute Gasteiger partial charge is 0.123 e. The van der Waals surface area contributed by atoms with Gasteiger partial charge in [-0.2, -0.15) is 5.10 Å². The minimum atomic E-state index is -0.734. The van der Waals surface area contributed by atoms with E-state index in [1.807, 2.05) is 16.9 Å².